The van der Waals surface area contributed by atoms with Gasteiger partial charge in [-0.15, -0.1) is 0 Å². The summed E-state index contributed by atoms with van der Waals surface area (Å²) in [6.07, 6.45) is 2.89. The van der Waals surface area contributed by atoms with E-state index in [4.69, 9.17) is 9.47 Å². The van der Waals surface area contributed by atoms with Crippen LogP contribution in [-0.2, 0) is 11.3 Å². The van der Waals surface area contributed by atoms with Gasteiger partial charge >= 0.3 is 0 Å². The van der Waals surface area contributed by atoms with Crippen molar-refractivity contribution >= 4 is 0 Å². The highest BCUT2D eigenvalue weighted by atomic mass is 16.5. The van der Waals surface area contributed by atoms with Gasteiger partial charge in [-0.25, -0.2) is 9.97 Å². The topological polar surface area (TPSA) is 56.3 Å². The Bertz CT molecular complexity index is 418. The Hall–Kier alpha value is -1.20. The van der Waals surface area contributed by atoms with Crippen LogP contribution in [0.1, 0.15) is 44.6 Å². The van der Waals surface area contributed by atoms with E-state index in [9.17, 15) is 0 Å². The SMILES string of the molecule is CCNCc1nc(C(C)C)ncc1OCC1CCOC1. The molecule has 1 aromatic heterocycles. The second kappa shape index (κ2) is 7.55. The van der Waals surface area contributed by atoms with Crippen LogP contribution in [0.15, 0.2) is 6.20 Å². The fourth-order valence-corrected chi connectivity index (χ4v) is 2.11. The van der Waals surface area contributed by atoms with Crippen molar-refractivity contribution in [1.29, 1.82) is 0 Å². The molecule has 2 rings (SSSR count). The molecule has 5 nitrogen and oxygen atoms in total. The summed E-state index contributed by atoms with van der Waals surface area (Å²) in [4.78, 5) is 9.02. The molecule has 0 saturated carbocycles. The maximum Gasteiger partial charge on any atom is 0.160 e. The van der Waals surface area contributed by atoms with Crippen LogP contribution in [0.5, 0.6) is 5.75 Å². The van der Waals surface area contributed by atoms with Gasteiger partial charge in [0, 0.05) is 25.0 Å². The Labute approximate surface area is 121 Å². The first-order chi connectivity index (χ1) is 9.70. The number of nitrogens with one attached hydrogen (secondary N) is 1. The molecule has 0 spiro atoms. The van der Waals surface area contributed by atoms with Crippen LogP contribution in [-0.4, -0.2) is 36.3 Å². The third-order valence-corrected chi connectivity index (χ3v) is 3.41. The summed E-state index contributed by atoms with van der Waals surface area (Å²) in [6.45, 7) is 10.2. The lowest BCUT2D eigenvalue weighted by Gasteiger charge is -2.15. The van der Waals surface area contributed by atoms with Gasteiger partial charge in [-0.3, -0.25) is 0 Å². The van der Waals surface area contributed by atoms with Crippen LogP contribution in [0, 0.1) is 5.92 Å². The molecule has 0 bridgehead atoms. The molecule has 20 heavy (non-hydrogen) atoms. The largest absolute Gasteiger partial charge is 0.490 e. The first-order valence-corrected chi connectivity index (χ1v) is 7.47. The molecule has 2 heterocycles. The predicted octanol–water partition coefficient (Wildman–Crippen LogP) is 2.12. The van der Waals surface area contributed by atoms with Crippen molar-refractivity contribution in [3.63, 3.8) is 0 Å². The van der Waals surface area contributed by atoms with Crippen LogP contribution in [0.3, 0.4) is 0 Å². The molecule has 1 N–H and O–H groups in total. The molecule has 1 unspecified atom stereocenters. The van der Waals surface area contributed by atoms with Crippen LogP contribution < -0.4 is 10.1 Å². The molecule has 112 valence electrons. The van der Waals surface area contributed by atoms with Gasteiger partial charge in [0.1, 0.15) is 5.82 Å². The zero-order chi connectivity index (χ0) is 14.4. The Morgan fingerprint density at radius 3 is 3.00 bits per heavy atom. The normalized spacial score (nSPS) is 18.7. The Balaban J connectivity index is 2.04. The summed E-state index contributed by atoms with van der Waals surface area (Å²) in [6, 6.07) is 0. The lowest BCUT2D eigenvalue weighted by atomic mass is 10.1. The van der Waals surface area contributed by atoms with Gasteiger partial charge in [-0.05, 0) is 13.0 Å². The zero-order valence-corrected chi connectivity index (χ0v) is 12.7. The lowest BCUT2D eigenvalue weighted by molar-refractivity contribution is 0.166. The minimum atomic E-state index is 0.327. The molecule has 1 aromatic rings. The average Bonchev–Trinajstić information content (AvgIpc) is 2.96. The van der Waals surface area contributed by atoms with Crippen LogP contribution in [0.2, 0.25) is 0 Å². The van der Waals surface area contributed by atoms with E-state index in [1.54, 1.807) is 0 Å². The number of nitrogens with zero attached hydrogens (tertiary/aromatic N) is 2. The van der Waals surface area contributed by atoms with Crippen LogP contribution in [0.25, 0.3) is 0 Å². The molecule has 0 aromatic carbocycles. The van der Waals surface area contributed by atoms with E-state index in [2.05, 4.69) is 36.1 Å². The van der Waals surface area contributed by atoms with Gasteiger partial charge in [-0.1, -0.05) is 20.8 Å². The summed E-state index contributed by atoms with van der Waals surface area (Å²) in [7, 11) is 0. The predicted molar refractivity (Wildman–Crippen MR) is 77.9 cm³/mol. The first-order valence-electron chi connectivity index (χ1n) is 7.47. The smallest absolute Gasteiger partial charge is 0.160 e. The van der Waals surface area contributed by atoms with Crippen molar-refractivity contribution in [2.24, 2.45) is 5.92 Å². The summed E-state index contributed by atoms with van der Waals surface area (Å²) < 4.78 is 11.3. The maximum absolute atomic E-state index is 5.91. The molecule has 1 aliphatic rings. The number of rotatable bonds is 7. The summed E-state index contributed by atoms with van der Waals surface area (Å²) >= 11 is 0. The average molecular weight is 279 g/mol. The van der Waals surface area contributed by atoms with E-state index in [-0.39, 0.29) is 0 Å². The quantitative estimate of drug-likeness (QED) is 0.828. The minimum Gasteiger partial charge on any atom is -0.490 e. The molecule has 1 aliphatic heterocycles. The van der Waals surface area contributed by atoms with E-state index in [1.165, 1.54) is 0 Å². The lowest BCUT2D eigenvalue weighted by Crippen LogP contribution is -2.18. The summed E-state index contributed by atoms with van der Waals surface area (Å²) in [5.74, 6) is 2.48. The molecule has 0 aliphatic carbocycles. The standard InChI is InChI=1S/C15H25N3O2/c1-4-16-7-13-14(8-17-15(18-13)11(2)3)20-10-12-5-6-19-9-12/h8,11-12,16H,4-7,9-10H2,1-3H3. The molecule has 0 radical (unpaired) electrons. The molecule has 1 fully saturated rings. The molecular weight excluding hydrogens is 254 g/mol. The number of hydrogen-bond donors (Lipinski definition) is 1. The van der Waals surface area contributed by atoms with E-state index >= 15 is 0 Å². The van der Waals surface area contributed by atoms with Crippen molar-refractivity contribution in [3.8, 4) is 5.75 Å². The summed E-state index contributed by atoms with van der Waals surface area (Å²) in [5.41, 5.74) is 0.949. The number of ether oxygens (including phenoxy) is 2. The van der Waals surface area contributed by atoms with Crippen molar-refractivity contribution in [2.75, 3.05) is 26.4 Å². The second-order valence-electron chi connectivity index (χ2n) is 5.51. The highest BCUT2D eigenvalue weighted by Crippen LogP contribution is 2.21. The Morgan fingerprint density at radius 2 is 2.35 bits per heavy atom. The van der Waals surface area contributed by atoms with Crippen LogP contribution >= 0.6 is 0 Å². The third-order valence-electron chi connectivity index (χ3n) is 3.41. The minimum absolute atomic E-state index is 0.327. The van der Waals surface area contributed by atoms with Crippen molar-refractivity contribution in [2.45, 2.75) is 39.7 Å². The highest BCUT2D eigenvalue weighted by Gasteiger charge is 2.18. The molecule has 5 heteroatoms. The van der Waals surface area contributed by atoms with Crippen molar-refractivity contribution in [1.82, 2.24) is 15.3 Å². The van der Waals surface area contributed by atoms with Crippen molar-refractivity contribution in [3.05, 3.63) is 17.7 Å². The van der Waals surface area contributed by atoms with Crippen LogP contribution in [0.4, 0.5) is 0 Å². The van der Waals surface area contributed by atoms with Gasteiger partial charge in [0.25, 0.3) is 0 Å². The number of aromatic nitrogens is 2. The maximum atomic E-state index is 5.91. The molecule has 1 atom stereocenters. The monoisotopic (exact) mass is 279 g/mol. The molecule has 1 saturated heterocycles. The summed E-state index contributed by atoms with van der Waals surface area (Å²) in [5, 5.41) is 3.30. The van der Waals surface area contributed by atoms with Gasteiger partial charge in [0.05, 0.1) is 25.1 Å². The zero-order valence-electron chi connectivity index (χ0n) is 12.7. The fourth-order valence-electron chi connectivity index (χ4n) is 2.11. The highest BCUT2D eigenvalue weighted by molar-refractivity contribution is 5.25. The van der Waals surface area contributed by atoms with Gasteiger partial charge < -0.3 is 14.8 Å². The first kappa shape index (κ1) is 15.2. The number of hydrogen-bond acceptors (Lipinski definition) is 5. The molecule has 0 amide bonds. The van der Waals surface area contributed by atoms with E-state index in [1.807, 2.05) is 6.20 Å². The van der Waals surface area contributed by atoms with Gasteiger partial charge in [-0.2, -0.15) is 0 Å². The van der Waals surface area contributed by atoms with E-state index < -0.39 is 0 Å². The Kier molecular flexibility index (Phi) is 5.73. The fraction of sp³-hybridized carbons (Fsp3) is 0.733. The second-order valence-corrected chi connectivity index (χ2v) is 5.51. The van der Waals surface area contributed by atoms with Gasteiger partial charge in [0.2, 0.25) is 0 Å². The van der Waals surface area contributed by atoms with Gasteiger partial charge in [0.15, 0.2) is 5.75 Å². The molecular formula is C15H25N3O2. The Morgan fingerprint density at radius 1 is 1.50 bits per heavy atom. The van der Waals surface area contributed by atoms with Crippen molar-refractivity contribution < 1.29 is 9.47 Å². The van der Waals surface area contributed by atoms with E-state index in [0.717, 1.165) is 50.0 Å². The van der Waals surface area contributed by atoms with E-state index in [0.29, 0.717) is 18.4 Å². The third kappa shape index (κ3) is 4.15.